The Morgan fingerprint density at radius 1 is 1.14 bits per heavy atom. The van der Waals surface area contributed by atoms with Gasteiger partial charge in [0.15, 0.2) is 0 Å². The summed E-state index contributed by atoms with van der Waals surface area (Å²) in [5, 5.41) is 5.32. The summed E-state index contributed by atoms with van der Waals surface area (Å²) in [6.07, 6.45) is 0.0291. The second-order valence-corrected chi connectivity index (χ2v) is 6.10. The molecule has 2 amide bonds. The Morgan fingerprint density at radius 2 is 1.93 bits per heavy atom. The number of nitrogens with one attached hydrogen (secondary N) is 2. The Labute approximate surface area is 162 Å². The molecule has 1 heterocycles. The van der Waals surface area contributed by atoms with Crippen LogP contribution >= 0.6 is 0 Å². The summed E-state index contributed by atoms with van der Waals surface area (Å²) in [6, 6.07) is 14.2. The van der Waals surface area contributed by atoms with Gasteiger partial charge in [0.1, 0.15) is 11.5 Å². The van der Waals surface area contributed by atoms with Crippen LogP contribution in [0.2, 0.25) is 0 Å². The molecule has 0 saturated carbocycles. The maximum absolute atomic E-state index is 12.5. The van der Waals surface area contributed by atoms with Gasteiger partial charge in [-0.25, -0.2) is 4.98 Å². The lowest BCUT2D eigenvalue weighted by Gasteiger charge is -2.09. The normalized spacial score (nSPS) is 10.4. The second-order valence-electron chi connectivity index (χ2n) is 6.10. The summed E-state index contributed by atoms with van der Waals surface area (Å²) in [5.41, 5.74) is 2.14. The minimum atomic E-state index is -0.287. The quantitative estimate of drug-likeness (QED) is 0.686. The Morgan fingerprint density at radius 3 is 2.68 bits per heavy atom. The summed E-state index contributed by atoms with van der Waals surface area (Å²) >= 11 is 0. The largest absolute Gasteiger partial charge is 0.497 e. The zero-order valence-electron chi connectivity index (χ0n) is 15.9. The van der Waals surface area contributed by atoms with E-state index in [4.69, 9.17) is 9.15 Å². The highest BCUT2D eigenvalue weighted by Crippen LogP contribution is 2.25. The number of ether oxygens (including phenoxy) is 1. The minimum absolute atomic E-state index is 0.0291. The topological polar surface area (TPSA) is 93.5 Å². The number of oxazole rings is 1. The van der Waals surface area contributed by atoms with Gasteiger partial charge in [-0.2, -0.15) is 0 Å². The molecule has 144 valence electrons. The molecule has 2 N–H and O–H groups in total. The molecule has 0 unspecified atom stereocenters. The van der Waals surface area contributed by atoms with Crippen molar-refractivity contribution in [3.05, 3.63) is 65.5 Å². The van der Waals surface area contributed by atoms with E-state index < -0.39 is 0 Å². The van der Waals surface area contributed by atoms with E-state index in [0.29, 0.717) is 34.3 Å². The summed E-state index contributed by atoms with van der Waals surface area (Å²) in [5.74, 6) is 1.12. The third kappa shape index (κ3) is 4.20. The fourth-order valence-corrected chi connectivity index (χ4v) is 2.74. The van der Waals surface area contributed by atoms with Crippen molar-refractivity contribution >= 4 is 17.5 Å². The molecule has 0 aliphatic carbocycles. The molecule has 2 aromatic carbocycles. The first-order valence-corrected chi connectivity index (χ1v) is 8.73. The SMILES string of the molecule is CNC(=O)c1ccccc1NC(=O)Cc1nc(-c2cccc(OC)c2)oc1C. The maximum atomic E-state index is 12.5. The van der Waals surface area contributed by atoms with Gasteiger partial charge in [-0.15, -0.1) is 0 Å². The highest BCUT2D eigenvalue weighted by Gasteiger charge is 2.17. The number of rotatable bonds is 6. The van der Waals surface area contributed by atoms with Crippen molar-refractivity contribution in [2.75, 3.05) is 19.5 Å². The number of anilines is 1. The number of carbonyl (C=O) groups is 2. The van der Waals surface area contributed by atoms with E-state index >= 15 is 0 Å². The first-order chi connectivity index (χ1) is 13.5. The molecular formula is C21H21N3O4. The number of benzene rings is 2. The number of hydrogen-bond acceptors (Lipinski definition) is 5. The number of aromatic nitrogens is 1. The van der Waals surface area contributed by atoms with Crippen LogP contribution in [-0.4, -0.2) is 31.0 Å². The van der Waals surface area contributed by atoms with Crippen LogP contribution in [0.1, 0.15) is 21.8 Å². The van der Waals surface area contributed by atoms with Crippen molar-refractivity contribution in [2.45, 2.75) is 13.3 Å². The lowest BCUT2D eigenvalue weighted by molar-refractivity contribution is -0.115. The summed E-state index contributed by atoms with van der Waals surface area (Å²) in [4.78, 5) is 28.9. The summed E-state index contributed by atoms with van der Waals surface area (Å²) in [6.45, 7) is 1.76. The van der Waals surface area contributed by atoms with Gasteiger partial charge in [-0.1, -0.05) is 18.2 Å². The Kier molecular flexibility index (Phi) is 5.74. The Balaban J connectivity index is 1.77. The van der Waals surface area contributed by atoms with E-state index in [1.807, 2.05) is 24.3 Å². The van der Waals surface area contributed by atoms with Crippen LogP contribution in [0.3, 0.4) is 0 Å². The smallest absolute Gasteiger partial charge is 0.253 e. The van der Waals surface area contributed by atoms with E-state index in [1.54, 1.807) is 45.3 Å². The molecule has 0 spiro atoms. The summed E-state index contributed by atoms with van der Waals surface area (Å²) in [7, 11) is 3.13. The molecule has 0 radical (unpaired) electrons. The number of amides is 2. The van der Waals surface area contributed by atoms with Gasteiger partial charge in [0.2, 0.25) is 11.8 Å². The zero-order chi connectivity index (χ0) is 20.1. The molecule has 0 aliphatic heterocycles. The molecule has 0 saturated heterocycles. The average Bonchev–Trinajstić information content (AvgIpc) is 3.08. The van der Waals surface area contributed by atoms with Gasteiger partial charge < -0.3 is 19.8 Å². The third-order valence-corrected chi connectivity index (χ3v) is 4.21. The minimum Gasteiger partial charge on any atom is -0.497 e. The molecule has 0 bridgehead atoms. The van der Waals surface area contributed by atoms with E-state index in [9.17, 15) is 9.59 Å². The molecule has 7 nitrogen and oxygen atoms in total. The molecule has 28 heavy (non-hydrogen) atoms. The molecular weight excluding hydrogens is 358 g/mol. The van der Waals surface area contributed by atoms with Crippen molar-refractivity contribution in [1.82, 2.24) is 10.3 Å². The van der Waals surface area contributed by atoms with Crippen LogP contribution in [0.5, 0.6) is 5.75 Å². The van der Waals surface area contributed by atoms with Crippen LogP contribution in [0.25, 0.3) is 11.5 Å². The van der Waals surface area contributed by atoms with Crippen molar-refractivity contribution in [3.8, 4) is 17.2 Å². The predicted molar refractivity (Wildman–Crippen MR) is 105 cm³/mol. The highest BCUT2D eigenvalue weighted by atomic mass is 16.5. The van der Waals surface area contributed by atoms with Crippen LogP contribution in [0, 0.1) is 6.92 Å². The standard InChI is InChI=1S/C21H21N3O4/c1-13-18(24-21(28-13)14-7-6-8-15(11-14)27-3)12-19(25)23-17-10-5-4-9-16(17)20(26)22-2/h4-11H,12H2,1-3H3,(H,22,26)(H,23,25). The average molecular weight is 379 g/mol. The monoisotopic (exact) mass is 379 g/mol. The van der Waals surface area contributed by atoms with Crippen LogP contribution in [0.15, 0.2) is 52.9 Å². The molecule has 3 aromatic rings. The van der Waals surface area contributed by atoms with Gasteiger partial charge >= 0.3 is 0 Å². The highest BCUT2D eigenvalue weighted by molar-refractivity contribution is 6.03. The molecule has 0 fully saturated rings. The van der Waals surface area contributed by atoms with E-state index in [-0.39, 0.29) is 18.2 Å². The van der Waals surface area contributed by atoms with Gasteiger partial charge in [0.05, 0.1) is 30.5 Å². The molecule has 7 heteroatoms. The third-order valence-electron chi connectivity index (χ3n) is 4.21. The van der Waals surface area contributed by atoms with Crippen LogP contribution in [0.4, 0.5) is 5.69 Å². The fourth-order valence-electron chi connectivity index (χ4n) is 2.74. The Hall–Kier alpha value is -3.61. The molecule has 0 atom stereocenters. The first kappa shape index (κ1) is 19.2. The van der Waals surface area contributed by atoms with E-state index in [2.05, 4.69) is 15.6 Å². The number of carbonyl (C=O) groups excluding carboxylic acids is 2. The number of methoxy groups -OCH3 is 1. The first-order valence-electron chi connectivity index (χ1n) is 8.73. The number of nitrogens with zero attached hydrogens (tertiary/aromatic N) is 1. The summed E-state index contributed by atoms with van der Waals surface area (Å²) < 4.78 is 10.9. The Bertz CT molecular complexity index is 1010. The van der Waals surface area contributed by atoms with Crippen molar-refractivity contribution < 1.29 is 18.7 Å². The van der Waals surface area contributed by atoms with E-state index in [0.717, 1.165) is 5.56 Å². The van der Waals surface area contributed by atoms with Gasteiger partial charge in [0, 0.05) is 12.6 Å². The molecule has 3 rings (SSSR count). The lowest BCUT2D eigenvalue weighted by Crippen LogP contribution is -2.22. The lowest BCUT2D eigenvalue weighted by atomic mass is 10.1. The molecule has 0 aliphatic rings. The van der Waals surface area contributed by atoms with E-state index in [1.165, 1.54) is 0 Å². The van der Waals surface area contributed by atoms with Gasteiger partial charge in [-0.05, 0) is 37.3 Å². The number of hydrogen-bond donors (Lipinski definition) is 2. The predicted octanol–water partition coefficient (Wildman–Crippen LogP) is 3.20. The van der Waals surface area contributed by atoms with Crippen LogP contribution < -0.4 is 15.4 Å². The van der Waals surface area contributed by atoms with Crippen LogP contribution in [-0.2, 0) is 11.2 Å². The van der Waals surface area contributed by atoms with Crippen molar-refractivity contribution in [1.29, 1.82) is 0 Å². The molecule has 1 aromatic heterocycles. The number of para-hydroxylation sites is 1. The maximum Gasteiger partial charge on any atom is 0.253 e. The van der Waals surface area contributed by atoms with Crippen molar-refractivity contribution in [2.24, 2.45) is 0 Å². The van der Waals surface area contributed by atoms with Gasteiger partial charge in [0.25, 0.3) is 5.91 Å². The fraction of sp³-hybridized carbons (Fsp3) is 0.190. The van der Waals surface area contributed by atoms with Gasteiger partial charge in [-0.3, -0.25) is 9.59 Å². The number of aryl methyl sites for hydroxylation is 1. The zero-order valence-corrected chi connectivity index (χ0v) is 15.9. The van der Waals surface area contributed by atoms with Crippen molar-refractivity contribution in [3.63, 3.8) is 0 Å². The second kappa shape index (κ2) is 8.39.